The monoisotopic (exact) mass is 340 g/mol. The van der Waals surface area contributed by atoms with Crippen LogP contribution in [0.15, 0.2) is 48.5 Å². The van der Waals surface area contributed by atoms with E-state index in [-0.39, 0.29) is 5.78 Å². The van der Waals surface area contributed by atoms with Crippen LogP contribution in [0.5, 0.6) is 5.75 Å². The molecule has 0 aliphatic heterocycles. The van der Waals surface area contributed by atoms with Crippen molar-refractivity contribution in [2.24, 2.45) is 0 Å². The molecule has 4 nitrogen and oxygen atoms in total. The predicted molar refractivity (Wildman–Crippen MR) is 103 cm³/mol. The molecule has 2 aromatic carbocycles. The molecule has 4 heteroatoms. The first-order valence-corrected chi connectivity index (χ1v) is 8.95. The Kier molecular flexibility index (Phi) is 7.48. The Labute approximate surface area is 150 Å². The van der Waals surface area contributed by atoms with Gasteiger partial charge >= 0.3 is 0 Å². The Balaban J connectivity index is 2.00. The average Bonchev–Trinajstić information content (AvgIpc) is 2.65. The summed E-state index contributed by atoms with van der Waals surface area (Å²) in [6.07, 6.45) is 1.16. The molecule has 134 valence electrons. The minimum atomic E-state index is 0.0639. The Hall–Kier alpha value is -2.33. The van der Waals surface area contributed by atoms with Crippen LogP contribution >= 0.6 is 0 Å². The molecular weight excluding hydrogens is 312 g/mol. The van der Waals surface area contributed by atoms with E-state index in [1.54, 1.807) is 18.2 Å². The zero-order chi connectivity index (χ0) is 18.1. The largest absolute Gasteiger partial charge is 0.491 e. The first-order valence-electron chi connectivity index (χ1n) is 8.95. The van der Waals surface area contributed by atoms with Gasteiger partial charge in [-0.2, -0.15) is 0 Å². The summed E-state index contributed by atoms with van der Waals surface area (Å²) in [7, 11) is 0. The van der Waals surface area contributed by atoms with Crippen molar-refractivity contribution < 1.29 is 9.53 Å². The van der Waals surface area contributed by atoms with E-state index in [4.69, 9.17) is 10.5 Å². The third-order valence-corrected chi connectivity index (χ3v) is 4.35. The van der Waals surface area contributed by atoms with E-state index in [0.717, 1.165) is 25.2 Å². The fourth-order valence-corrected chi connectivity index (χ4v) is 2.75. The molecule has 0 atom stereocenters. The second-order valence-corrected chi connectivity index (χ2v) is 6.04. The number of benzene rings is 2. The molecule has 0 radical (unpaired) electrons. The number of carbonyl (C=O) groups is 1. The lowest BCUT2D eigenvalue weighted by atomic mass is 10.0. The van der Waals surface area contributed by atoms with Crippen LogP contribution in [0.4, 0.5) is 5.69 Å². The normalized spacial score (nSPS) is 10.8. The van der Waals surface area contributed by atoms with Gasteiger partial charge in [-0.25, -0.2) is 0 Å². The van der Waals surface area contributed by atoms with Gasteiger partial charge in [0.05, 0.1) is 5.56 Å². The molecule has 2 N–H and O–H groups in total. The van der Waals surface area contributed by atoms with E-state index < -0.39 is 0 Å². The zero-order valence-corrected chi connectivity index (χ0v) is 15.2. The average molecular weight is 340 g/mol. The standard InChI is InChI=1S/C21H28N2O2/c1-3-23(4-2)14-15-25-21-13-11-18(22)16-19(21)20(24)12-10-17-8-6-5-7-9-17/h5-9,11,13,16H,3-4,10,12,14-15,22H2,1-2H3. The second kappa shape index (κ2) is 9.84. The number of ether oxygens (including phenoxy) is 1. The highest BCUT2D eigenvalue weighted by atomic mass is 16.5. The molecule has 2 aromatic rings. The number of nitrogen functional groups attached to an aromatic ring is 1. The van der Waals surface area contributed by atoms with Crippen molar-refractivity contribution in [2.75, 3.05) is 32.0 Å². The molecule has 0 spiro atoms. The number of anilines is 1. The third kappa shape index (κ3) is 5.91. The molecule has 0 unspecified atom stereocenters. The highest BCUT2D eigenvalue weighted by molar-refractivity contribution is 5.99. The van der Waals surface area contributed by atoms with E-state index in [9.17, 15) is 4.79 Å². The summed E-state index contributed by atoms with van der Waals surface area (Å²) in [4.78, 5) is 14.9. The fourth-order valence-electron chi connectivity index (χ4n) is 2.75. The van der Waals surface area contributed by atoms with Crippen LogP contribution < -0.4 is 10.5 Å². The molecule has 0 aliphatic rings. The maximum absolute atomic E-state index is 12.7. The molecule has 0 bridgehead atoms. The van der Waals surface area contributed by atoms with Crippen molar-refractivity contribution >= 4 is 11.5 Å². The number of Topliss-reactive ketones (excluding diaryl/α,β-unsaturated/α-hetero) is 1. The first-order chi connectivity index (χ1) is 12.1. The van der Waals surface area contributed by atoms with Crippen LogP contribution in [-0.4, -0.2) is 36.9 Å². The predicted octanol–water partition coefficient (Wildman–Crippen LogP) is 3.80. The quantitative estimate of drug-likeness (QED) is 0.528. The summed E-state index contributed by atoms with van der Waals surface area (Å²) in [5.41, 5.74) is 8.19. The van der Waals surface area contributed by atoms with Gasteiger partial charge in [0.2, 0.25) is 0 Å². The van der Waals surface area contributed by atoms with Gasteiger partial charge in [0, 0.05) is 18.7 Å². The highest BCUT2D eigenvalue weighted by Crippen LogP contribution is 2.23. The van der Waals surface area contributed by atoms with Crippen molar-refractivity contribution in [3.63, 3.8) is 0 Å². The minimum Gasteiger partial charge on any atom is -0.491 e. The fraction of sp³-hybridized carbons (Fsp3) is 0.381. The summed E-state index contributed by atoms with van der Waals surface area (Å²) < 4.78 is 5.88. The van der Waals surface area contributed by atoms with E-state index in [1.807, 2.05) is 30.3 Å². The highest BCUT2D eigenvalue weighted by Gasteiger charge is 2.14. The minimum absolute atomic E-state index is 0.0639. The number of rotatable bonds is 10. The molecule has 25 heavy (non-hydrogen) atoms. The lowest BCUT2D eigenvalue weighted by molar-refractivity contribution is 0.0978. The molecule has 0 saturated heterocycles. The second-order valence-electron chi connectivity index (χ2n) is 6.04. The Morgan fingerprint density at radius 1 is 1.08 bits per heavy atom. The van der Waals surface area contributed by atoms with Crippen LogP contribution in [0.25, 0.3) is 0 Å². The molecule has 0 aliphatic carbocycles. The van der Waals surface area contributed by atoms with Crippen molar-refractivity contribution in [3.05, 3.63) is 59.7 Å². The van der Waals surface area contributed by atoms with Crippen molar-refractivity contribution in [1.29, 1.82) is 0 Å². The Bertz CT molecular complexity index is 667. The number of likely N-dealkylation sites (N-methyl/N-ethyl adjacent to an activating group) is 1. The van der Waals surface area contributed by atoms with E-state index in [2.05, 4.69) is 18.7 Å². The summed E-state index contributed by atoms with van der Waals surface area (Å²) in [5, 5.41) is 0. The summed E-state index contributed by atoms with van der Waals surface area (Å²) in [6, 6.07) is 15.3. The maximum Gasteiger partial charge on any atom is 0.167 e. The van der Waals surface area contributed by atoms with E-state index in [1.165, 1.54) is 0 Å². The Morgan fingerprint density at radius 2 is 1.80 bits per heavy atom. The Morgan fingerprint density at radius 3 is 2.48 bits per heavy atom. The van der Waals surface area contributed by atoms with Gasteiger partial charge in [-0.3, -0.25) is 4.79 Å². The molecule has 2 rings (SSSR count). The summed E-state index contributed by atoms with van der Waals surface area (Å²) in [6.45, 7) is 7.64. The number of hydrogen-bond acceptors (Lipinski definition) is 4. The van der Waals surface area contributed by atoms with Gasteiger partial charge in [-0.05, 0) is 43.3 Å². The molecule has 0 aromatic heterocycles. The molecule has 0 saturated carbocycles. The molecule has 0 heterocycles. The van der Waals surface area contributed by atoms with Crippen LogP contribution in [-0.2, 0) is 6.42 Å². The van der Waals surface area contributed by atoms with Crippen LogP contribution in [0.1, 0.15) is 36.2 Å². The SMILES string of the molecule is CCN(CC)CCOc1ccc(N)cc1C(=O)CCc1ccccc1. The summed E-state index contributed by atoms with van der Waals surface area (Å²) >= 11 is 0. The number of nitrogens with zero attached hydrogens (tertiary/aromatic N) is 1. The lowest BCUT2D eigenvalue weighted by Crippen LogP contribution is -2.28. The van der Waals surface area contributed by atoms with Gasteiger partial charge in [0.1, 0.15) is 12.4 Å². The van der Waals surface area contributed by atoms with Crippen LogP contribution in [0, 0.1) is 0 Å². The number of aryl methyl sites for hydroxylation is 1. The van der Waals surface area contributed by atoms with Gasteiger partial charge < -0.3 is 15.4 Å². The molecule has 0 amide bonds. The number of ketones is 1. The van der Waals surface area contributed by atoms with E-state index in [0.29, 0.717) is 36.4 Å². The van der Waals surface area contributed by atoms with Gasteiger partial charge in [0.25, 0.3) is 0 Å². The first kappa shape index (κ1) is 19.0. The van der Waals surface area contributed by atoms with Gasteiger partial charge in [-0.15, -0.1) is 0 Å². The van der Waals surface area contributed by atoms with Crippen LogP contribution in [0.2, 0.25) is 0 Å². The third-order valence-electron chi connectivity index (χ3n) is 4.35. The van der Waals surface area contributed by atoms with E-state index >= 15 is 0 Å². The van der Waals surface area contributed by atoms with Crippen molar-refractivity contribution in [3.8, 4) is 5.75 Å². The maximum atomic E-state index is 12.7. The van der Waals surface area contributed by atoms with Crippen molar-refractivity contribution in [1.82, 2.24) is 4.90 Å². The lowest BCUT2D eigenvalue weighted by Gasteiger charge is -2.19. The van der Waals surface area contributed by atoms with Crippen LogP contribution in [0.3, 0.4) is 0 Å². The summed E-state index contributed by atoms with van der Waals surface area (Å²) in [5.74, 6) is 0.688. The van der Waals surface area contributed by atoms with Gasteiger partial charge in [0.15, 0.2) is 5.78 Å². The smallest absolute Gasteiger partial charge is 0.167 e. The zero-order valence-electron chi connectivity index (χ0n) is 15.2. The number of carbonyl (C=O) groups excluding carboxylic acids is 1. The molecular formula is C21H28N2O2. The topological polar surface area (TPSA) is 55.6 Å². The number of hydrogen-bond donors (Lipinski definition) is 1. The number of nitrogens with two attached hydrogens (primary N) is 1. The van der Waals surface area contributed by atoms with Crippen molar-refractivity contribution in [2.45, 2.75) is 26.7 Å². The molecule has 0 fully saturated rings. The van der Waals surface area contributed by atoms with Gasteiger partial charge in [-0.1, -0.05) is 44.2 Å².